The van der Waals surface area contributed by atoms with Crippen molar-refractivity contribution < 1.29 is 77.8 Å². The number of carbonyl (C=O) groups excluding carboxylic acids is 1. The van der Waals surface area contributed by atoms with E-state index in [1.165, 1.54) is 13.1 Å². The van der Waals surface area contributed by atoms with Gasteiger partial charge >= 0.3 is 11.9 Å². The molecule has 4 aliphatic rings. The zero-order valence-corrected chi connectivity index (χ0v) is 51.1. The molecular formula is C60H96ClN3O17. The average Bonchev–Trinajstić information content (AvgIpc) is 4.45. The standard InChI is InChI=1S/C60H96ClN3O17/c1-15-47-60(10,72)52(67)38(6)63(13)32-34(2)30-58(8,71)53(81-57-50(66)46(62(11)12)27-35(3)77-57)36(4)51(37(5)56(70)79-47)80-48-31-59(9,73-14)54(39(7)78-48)76-26-18-25-75-24-17-23-74-22-16-19-40-28-42-45(29-44(40)61)64(41-20-21-41)33-43(49(42)65)55(68)69/h16,19,28-29,33-39,41,46-48,50-54,57,66-67,71-72H,15,17-18,20-27,30-32H2,1-14H3,(H,68,69)/b19-16+/t34-,35-,36+,37-,38-,39+,46+,47-,48+,50-,51+,52-,53-,54+,57+,58-,59-,60-/m1/s1. The molecule has 1 aliphatic carbocycles. The van der Waals surface area contributed by atoms with E-state index in [1.807, 2.05) is 70.1 Å². The topological polar surface area (TPSA) is 247 Å². The van der Waals surface area contributed by atoms with E-state index in [2.05, 4.69) is 0 Å². The van der Waals surface area contributed by atoms with E-state index in [0.717, 1.165) is 12.8 Å². The van der Waals surface area contributed by atoms with E-state index >= 15 is 0 Å². The molecule has 20 nitrogen and oxygen atoms in total. The highest BCUT2D eigenvalue weighted by Crippen LogP contribution is 2.42. The van der Waals surface area contributed by atoms with Gasteiger partial charge in [-0.3, -0.25) is 9.59 Å². The minimum absolute atomic E-state index is 0.154. The maximum Gasteiger partial charge on any atom is 0.341 e. The number of aromatic nitrogens is 1. The fourth-order valence-electron chi connectivity index (χ4n) is 12.4. The second-order valence-electron chi connectivity index (χ2n) is 24.5. The van der Waals surface area contributed by atoms with Crippen LogP contribution in [0.1, 0.15) is 143 Å². The highest BCUT2D eigenvalue weighted by atomic mass is 35.5. The number of hydrogen-bond donors (Lipinski definition) is 5. The molecule has 2 aromatic rings. The minimum Gasteiger partial charge on any atom is -0.477 e. The number of cyclic esters (lactones) is 1. The number of aromatic carboxylic acids is 1. The molecule has 18 atom stereocenters. The second-order valence-corrected chi connectivity index (χ2v) is 24.9. The lowest BCUT2D eigenvalue weighted by Crippen LogP contribution is -2.61. The van der Waals surface area contributed by atoms with Crippen molar-refractivity contribution in [2.75, 3.05) is 67.8 Å². The predicted molar refractivity (Wildman–Crippen MR) is 306 cm³/mol. The molecule has 6 rings (SSSR count). The van der Waals surface area contributed by atoms with E-state index in [9.17, 15) is 39.9 Å². The Balaban J connectivity index is 1.08. The van der Waals surface area contributed by atoms with Crippen LogP contribution in [0.5, 0.6) is 0 Å². The number of aliphatic hydroxyl groups is 4. The summed E-state index contributed by atoms with van der Waals surface area (Å²) in [5, 5.41) is 58.6. The molecule has 1 aromatic heterocycles. The van der Waals surface area contributed by atoms with Gasteiger partial charge in [-0.25, -0.2) is 4.79 Å². The molecule has 21 heteroatoms. The van der Waals surface area contributed by atoms with Gasteiger partial charge in [0.05, 0.1) is 53.7 Å². The number of carboxylic acid groups (broad SMARTS) is 1. The molecule has 0 radical (unpaired) electrons. The summed E-state index contributed by atoms with van der Waals surface area (Å²) >= 11 is 6.61. The number of carbonyl (C=O) groups is 2. The van der Waals surface area contributed by atoms with E-state index in [4.69, 9.17) is 54.2 Å². The van der Waals surface area contributed by atoms with Gasteiger partial charge in [0, 0.05) is 87.2 Å². The lowest BCUT2D eigenvalue weighted by Gasteiger charge is -2.49. The van der Waals surface area contributed by atoms with Crippen molar-refractivity contribution >= 4 is 40.5 Å². The van der Waals surface area contributed by atoms with E-state index in [-0.39, 0.29) is 48.9 Å². The van der Waals surface area contributed by atoms with Gasteiger partial charge < -0.3 is 82.5 Å². The molecule has 81 heavy (non-hydrogen) atoms. The summed E-state index contributed by atoms with van der Waals surface area (Å²) < 4.78 is 59.1. The third-order valence-corrected chi connectivity index (χ3v) is 17.6. The van der Waals surface area contributed by atoms with Crippen molar-refractivity contribution in [2.24, 2.45) is 17.8 Å². The molecule has 3 aliphatic heterocycles. The lowest BCUT2D eigenvalue weighted by molar-refractivity contribution is -0.321. The number of pyridine rings is 1. The number of halogens is 1. The van der Waals surface area contributed by atoms with Crippen molar-refractivity contribution in [3.8, 4) is 0 Å². The van der Waals surface area contributed by atoms with Gasteiger partial charge in [0.1, 0.15) is 35.6 Å². The van der Waals surface area contributed by atoms with Crippen molar-refractivity contribution in [3.05, 3.63) is 50.8 Å². The van der Waals surface area contributed by atoms with Crippen LogP contribution in [0, 0.1) is 17.8 Å². The Morgan fingerprint density at radius 2 is 1.59 bits per heavy atom. The highest BCUT2D eigenvalue weighted by molar-refractivity contribution is 6.32. The molecule has 1 saturated carbocycles. The number of benzene rings is 1. The number of hydrogen-bond acceptors (Lipinski definition) is 18. The van der Waals surface area contributed by atoms with Crippen molar-refractivity contribution in [1.82, 2.24) is 14.4 Å². The van der Waals surface area contributed by atoms with Crippen LogP contribution in [0.2, 0.25) is 5.02 Å². The number of carboxylic acids is 1. The number of likely N-dealkylation sites (N-methyl/N-ethyl adjacent to an activating group) is 2. The third kappa shape index (κ3) is 16.4. The Morgan fingerprint density at radius 1 is 0.926 bits per heavy atom. The Hall–Kier alpha value is -3.16. The Labute approximate surface area is 484 Å². The molecule has 5 N–H and O–H groups in total. The molecule has 0 spiro atoms. The van der Waals surface area contributed by atoms with Crippen LogP contribution in [0.4, 0.5) is 0 Å². The first-order valence-electron chi connectivity index (χ1n) is 29.2. The number of nitrogens with zero attached hydrogens (tertiary/aromatic N) is 3. The predicted octanol–water partition coefficient (Wildman–Crippen LogP) is 6.45. The minimum atomic E-state index is -1.84. The van der Waals surface area contributed by atoms with Crippen LogP contribution in [-0.2, 0) is 47.4 Å². The third-order valence-electron chi connectivity index (χ3n) is 17.3. The zero-order valence-electron chi connectivity index (χ0n) is 50.4. The number of ether oxygens (including phenoxy) is 9. The summed E-state index contributed by atoms with van der Waals surface area (Å²) in [5.74, 6) is -3.96. The van der Waals surface area contributed by atoms with Crippen molar-refractivity contribution in [3.63, 3.8) is 0 Å². The number of rotatable bonds is 21. The SMILES string of the molecule is CC[C@H]1OC(=O)[C@H](C)[C@@H](O[C@H]2C[C@@](C)(OC)[C@@H](OCCCOCCCOC/C=C/c3cc4c(=O)c(C(=O)O)cn(C5CC5)c4cc3Cl)[C@H](C)O2)[C@H](C)[C@@H](O[C@@H]2O[C@H](C)C[C@H](N(C)C)[C@H]2O)[C@](C)(O)C[C@@H](C)CN(C)[C@H](C)[C@@H](O)[C@]1(C)O. The fraction of sp³-hybridized carbons (Fsp3) is 0.783. The summed E-state index contributed by atoms with van der Waals surface area (Å²) in [5.41, 5.74) is -3.96. The Kier molecular flexibility index (Phi) is 23.8. The maximum atomic E-state index is 14.6. The van der Waals surface area contributed by atoms with Crippen LogP contribution in [0.15, 0.2) is 29.2 Å². The van der Waals surface area contributed by atoms with Gasteiger partial charge in [-0.15, -0.1) is 0 Å². The normalized spacial score (nSPS) is 37.1. The van der Waals surface area contributed by atoms with Gasteiger partial charge in [-0.1, -0.05) is 44.5 Å². The van der Waals surface area contributed by atoms with Crippen molar-refractivity contribution in [1.29, 1.82) is 0 Å². The number of aliphatic hydroxyl groups excluding tert-OH is 2. The quantitative estimate of drug-likeness (QED) is 0.0665. The molecule has 1 aromatic carbocycles. The van der Waals surface area contributed by atoms with Crippen LogP contribution < -0.4 is 5.43 Å². The molecule has 0 amide bonds. The summed E-state index contributed by atoms with van der Waals surface area (Å²) in [6.45, 7) is 20.4. The monoisotopic (exact) mass is 1170 g/mol. The molecule has 4 fully saturated rings. The second kappa shape index (κ2) is 28.8. The van der Waals surface area contributed by atoms with Gasteiger partial charge in [-0.2, -0.15) is 0 Å². The summed E-state index contributed by atoms with van der Waals surface area (Å²) in [7, 11) is 7.22. The number of fused-ring (bicyclic) bond motifs is 1. The zero-order chi connectivity index (χ0) is 59.9. The first-order chi connectivity index (χ1) is 38.1. The van der Waals surface area contributed by atoms with Crippen molar-refractivity contribution in [2.45, 2.75) is 217 Å². The molecular weight excluding hydrogens is 1070 g/mol. The van der Waals surface area contributed by atoms with Gasteiger partial charge in [-0.05, 0) is 138 Å². The summed E-state index contributed by atoms with van der Waals surface area (Å²) in [6.07, 6.45) is 0.107. The summed E-state index contributed by atoms with van der Waals surface area (Å²) in [6, 6.07) is 2.64. The Bertz CT molecular complexity index is 2470. The lowest BCUT2D eigenvalue weighted by atomic mass is 9.77. The van der Waals surface area contributed by atoms with Crippen LogP contribution in [0.25, 0.3) is 17.0 Å². The van der Waals surface area contributed by atoms with E-state index < -0.39 is 107 Å². The summed E-state index contributed by atoms with van der Waals surface area (Å²) in [4.78, 5) is 43.3. The smallest absolute Gasteiger partial charge is 0.341 e. The molecule has 0 bridgehead atoms. The molecule has 4 heterocycles. The number of methoxy groups -OCH3 is 1. The van der Waals surface area contributed by atoms with E-state index in [0.29, 0.717) is 80.3 Å². The van der Waals surface area contributed by atoms with E-state index in [1.54, 1.807) is 59.1 Å². The fourth-order valence-corrected chi connectivity index (χ4v) is 12.6. The van der Waals surface area contributed by atoms with Crippen LogP contribution in [0.3, 0.4) is 0 Å². The molecule has 0 unspecified atom stereocenters. The highest BCUT2D eigenvalue weighted by Gasteiger charge is 2.53. The van der Waals surface area contributed by atoms with Crippen LogP contribution >= 0.6 is 11.6 Å². The first-order valence-corrected chi connectivity index (χ1v) is 29.5. The largest absolute Gasteiger partial charge is 0.477 e. The Morgan fingerprint density at radius 3 is 2.22 bits per heavy atom. The van der Waals surface area contributed by atoms with Gasteiger partial charge in [0.25, 0.3) is 0 Å². The first kappa shape index (κ1) is 67.0. The van der Waals surface area contributed by atoms with Gasteiger partial charge in [0.2, 0.25) is 5.43 Å². The molecule has 460 valence electrons. The maximum absolute atomic E-state index is 14.6. The average molecular weight is 1170 g/mol. The molecule has 3 saturated heterocycles. The van der Waals surface area contributed by atoms with Gasteiger partial charge in [0.15, 0.2) is 12.6 Å². The number of esters is 1. The van der Waals surface area contributed by atoms with Crippen LogP contribution in [-0.4, -0.2) is 210 Å².